The van der Waals surface area contributed by atoms with Crippen molar-refractivity contribution >= 4 is 0 Å². The molecule has 2 N–H and O–H groups in total. The van der Waals surface area contributed by atoms with Crippen molar-refractivity contribution in [2.75, 3.05) is 0 Å². The van der Waals surface area contributed by atoms with Gasteiger partial charge < -0.3 is 5.73 Å². The molecule has 1 heteroatoms. The second kappa shape index (κ2) is 6.09. The van der Waals surface area contributed by atoms with Gasteiger partial charge in [0.05, 0.1) is 0 Å². The highest BCUT2D eigenvalue weighted by molar-refractivity contribution is 5.29. The molecule has 1 fully saturated rings. The van der Waals surface area contributed by atoms with Crippen LogP contribution >= 0.6 is 0 Å². The molecule has 1 aliphatic carbocycles. The minimum atomic E-state index is 0.235. The highest BCUT2D eigenvalue weighted by Gasteiger charge is 2.23. The van der Waals surface area contributed by atoms with E-state index in [0.717, 1.165) is 0 Å². The molecule has 0 heterocycles. The number of nitrogens with two attached hydrogens (primary N) is 1. The zero-order chi connectivity index (χ0) is 13.9. The molecule has 1 atom stereocenters. The molecule has 2 rings (SSSR count). The molecule has 0 aromatic heterocycles. The van der Waals surface area contributed by atoms with Crippen LogP contribution in [0, 0.1) is 5.92 Å². The molecule has 0 bridgehead atoms. The van der Waals surface area contributed by atoms with Crippen LogP contribution in [0.3, 0.4) is 0 Å². The molecule has 0 aliphatic heterocycles. The van der Waals surface area contributed by atoms with Crippen LogP contribution in [0.2, 0.25) is 0 Å². The minimum Gasteiger partial charge on any atom is -0.324 e. The van der Waals surface area contributed by atoms with Crippen LogP contribution in [0.15, 0.2) is 24.3 Å². The van der Waals surface area contributed by atoms with Gasteiger partial charge in [-0.05, 0) is 41.7 Å². The molecule has 1 aromatic carbocycles. The maximum atomic E-state index is 6.46. The van der Waals surface area contributed by atoms with E-state index in [9.17, 15) is 0 Å². The van der Waals surface area contributed by atoms with Gasteiger partial charge in [-0.1, -0.05) is 64.3 Å². The molecule has 1 aromatic rings. The second-order valence-electron chi connectivity index (χ2n) is 6.78. The highest BCUT2D eigenvalue weighted by Crippen LogP contribution is 2.34. The maximum absolute atomic E-state index is 6.46. The molecule has 106 valence electrons. The summed E-state index contributed by atoms with van der Waals surface area (Å²) in [6, 6.07) is 9.31. The molecule has 0 saturated heterocycles. The third-order valence-electron chi connectivity index (χ3n) is 5.12. The van der Waals surface area contributed by atoms with Gasteiger partial charge in [0.25, 0.3) is 0 Å². The molecule has 1 nitrogen and oxygen atoms in total. The van der Waals surface area contributed by atoms with Crippen molar-refractivity contribution in [1.82, 2.24) is 0 Å². The smallest absolute Gasteiger partial charge is 0.0323 e. The third-order valence-corrected chi connectivity index (χ3v) is 5.12. The molecular formula is C18H29N. The summed E-state index contributed by atoms with van der Waals surface area (Å²) in [7, 11) is 0. The normalized spacial score (nSPS) is 19.4. The number of rotatable bonds is 4. The van der Waals surface area contributed by atoms with Gasteiger partial charge in [0.1, 0.15) is 0 Å². The van der Waals surface area contributed by atoms with Crippen molar-refractivity contribution in [1.29, 1.82) is 0 Å². The lowest BCUT2D eigenvalue weighted by Crippen LogP contribution is -2.23. The van der Waals surface area contributed by atoms with Gasteiger partial charge in [-0.2, -0.15) is 0 Å². The van der Waals surface area contributed by atoms with Crippen LogP contribution in [0.5, 0.6) is 0 Å². The Kier molecular flexibility index (Phi) is 4.67. The number of hydrogen-bond acceptors (Lipinski definition) is 1. The molecule has 1 saturated carbocycles. The second-order valence-corrected chi connectivity index (χ2v) is 6.78. The van der Waals surface area contributed by atoms with Crippen molar-refractivity contribution in [3.63, 3.8) is 0 Å². The Morgan fingerprint density at radius 3 is 2.21 bits per heavy atom. The lowest BCUT2D eigenvalue weighted by Gasteiger charge is -2.29. The SMILES string of the molecule is CCC(C)(C)c1ccc(C(N)C2CCCCC2)cc1. The quantitative estimate of drug-likeness (QED) is 0.813. The van der Waals surface area contributed by atoms with E-state index in [4.69, 9.17) is 5.73 Å². The monoisotopic (exact) mass is 259 g/mol. The van der Waals surface area contributed by atoms with Crippen molar-refractivity contribution in [2.24, 2.45) is 11.7 Å². The van der Waals surface area contributed by atoms with E-state index in [0.29, 0.717) is 5.92 Å². The fourth-order valence-corrected chi connectivity index (χ4v) is 3.13. The van der Waals surface area contributed by atoms with Crippen molar-refractivity contribution in [3.05, 3.63) is 35.4 Å². The fraction of sp³-hybridized carbons (Fsp3) is 0.667. The van der Waals surface area contributed by atoms with E-state index < -0.39 is 0 Å². The van der Waals surface area contributed by atoms with E-state index in [1.807, 2.05) is 0 Å². The maximum Gasteiger partial charge on any atom is 0.0323 e. The van der Waals surface area contributed by atoms with Crippen LogP contribution < -0.4 is 5.73 Å². The Bertz CT molecular complexity index is 385. The first-order valence-corrected chi connectivity index (χ1v) is 7.90. The van der Waals surface area contributed by atoms with Crippen LogP contribution in [0.1, 0.15) is 76.5 Å². The largest absolute Gasteiger partial charge is 0.324 e. The first-order chi connectivity index (χ1) is 9.04. The molecule has 19 heavy (non-hydrogen) atoms. The fourth-order valence-electron chi connectivity index (χ4n) is 3.13. The Morgan fingerprint density at radius 2 is 1.68 bits per heavy atom. The zero-order valence-corrected chi connectivity index (χ0v) is 12.8. The van der Waals surface area contributed by atoms with Crippen LogP contribution in [-0.2, 0) is 5.41 Å². The summed E-state index contributed by atoms with van der Waals surface area (Å²) in [6.07, 6.45) is 7.90. The highest BCUT2D eigenvalue weighted by atomic mass is 14.7. The van der Waals surface area contributed by atoms with Crippen LogP contribution in [0.4, 0.5) is 0 Å². The van der Waals surface area contributed by atoms with Crippen LogP contribution in [0.25, 0.3) is 0 Å². The van der Waals surface area contributed by atoms with E-state index >= 15 is 0 Å². The van der Waals surface area contributed by atoms with Gasteiger partial charge in [-0.25, -0.2) is 0 Å². The Morgan fingerprint density at radius 1 is 1.11 bits per heavy atom. The standard InChI is InChI=1S/C18H29N/c1-4-18(2,3)16-12-10-15(11-13-16)17(19)14-8-6-5-7-9-14/h10-14,17H,4-9,19H2,1-3H3. The summed E-state index contributed by atoms with van der Waals surface area (Å²) in [5.74, 6) is 0.693. The Balaban J connectivity index is 2.09. The summed E-state index contributed by atoms with van der Waals surface area (Å²) in [4.78, 5) is 0. The lowest BCUT2D eigenvalue weighted by molar-refractivity contribution is 0.308. The van der Waals surface area contributed by atoms with Gasteiger partial charge >= 0.3 is 0 Å². The molecule has 1 unspecified atom stereocenters. The molecular weight excluding hydrogens is 230 g/mol. The molecule has 0 spiro atoms. The summed E-state index contributed by atoms with van der Waals surface area (Å²) in [6.45, 7) is 6.87. The summed E-state index contributed by atoms with van der Waals surface area (Å²) in [5.41, 5.74) is 9.48. The van der Waals surface area contributed by atoms with Gasteiger partial charge in [0.15, 0.2) is 0 Å². The van der Waals surface area contributed by atoms with Crippen molar-refractivity contribution < 1.29 is 0 Å². The Hall–Kier alpha value is -0.820. The number of hydrogen-bond donors (Lipinski definition) is 1. The topological polar surface area (TPSA) is 26.0 Å². The minimum absolute atomic E-state index is 0.235. The van der Waals surface area contributed by atoms with E-state index in [1.165, 1.54) is 49.7 Å². The predicted octanol–water partition coefficient (Wildman–Crippen LogP) is 4.95. The Labute approximate surface area is 118 Å². The molecule has 1 aliphatic rings. The number of benzene rings is 1. The van der Waals surface area contributed by atoms with Crippen LogP contribution in [-0.4, -0.2) is 0 Å². The summed E-state index contributed by atoms with van der Waals surface area (Å²) in [5, 5.41) is 0. The third kappa shape index (κ3) is 3.39. The van der Waals surface area contributed by atoms with Gasteiger partial charge in [-0.15, -0.1) is 0 Å². The predicted molar refractivity (Wildman–Crippen MR) is 83.3 cm³/mol. The summed E-state index contributed by atoms with van der Waals surface area (Å²) < 4.78 is 0. The first kappa shape index (κ1) is 14.6. The van der Waals surface area contributed by atoms with Gasteiger partial charge in [-0.3, -0.25) is 0 Å². The zero-order valence-electron chi connectivity index (χ0n) is 12.8. The van der Waals surface area contributed by atoms with Gasteiger partial charge in [0.2, 0.25) is 0 Å². The molecule has 0 amide bonds. The van der Waals surface area contributed by atoms with E-state index in [-0.39, 0.29) is 11.5 Å². The molecule has 0 radical (unpaired) electrons. The van der Waals surface area contributed by atoms with Crippen molar-refractivity contribution in [3.8, 4) is 0 Å². The average molecular weight is 259 g/mol. The van der Waals surface area contributed by atoms with Crippen molar-refractivity contribution in [2.45, 2.75) is 70.8 Å². The van der Waals surface area contributed by atoms with E-state index in [1.54, 1.807) is 0 Å². The van der Waals surface area contributed by atoms with E-state index in [2.05, 4.69) is 45.0 Å². The lowest BCUT2D eigenvalue weighted by atomic mass is 9.79. The average Bonchev–Trinajstić information content (AvgIpc) is 2.47. The summed E-state index contributed by atoms with van der Waals surface area (Å²) >= 11 is 0. The first-order valence-electron chi connectivity index (χ1n) is 7.90. The van der Waals surface area contributed by atoms with Gasteiger partial charge in [0, 0.05) is 6.04 Å².